The van der Waals surface area contributed by atoms with Crippen LogP contribution in [0.5, 0.6) is 0 Å². The lowest BCUT2D eigenvalue weighted by Crippen LogP contribution is -2.39. The fraction of sp³-hybridized carbons (Fsp3) is 0.611. The van der Waals surface area contributed by atoms with Crippen LogP contribution in [-0.4, -0.2) is 41.7 Å². The normalized spacial score (nSPS) is 23.0. The van der Waals surface area contributed by atoms with Gasteiger partial charge in [0.2, 0.25) is 0 Å². The Morgan fingerprint density at radius 2 is 2.10 bits per heavy atom. The summed E-state index contributed by atoms with van der Waals surface area (Å²) in [6.45, 7) is 3.89. The molecular formula is C18H22BrF3N4O3. The quantitative estimate of drug-likeness (QED) is 0.675. The van der Waals surface area contributed by atoms with E-state index in [0.717, 1.165) is 19.0 Å². The molecule has 7 nitrogen and oxygen atoms in total. The molecule has 2 atom stereocenters. The molecule has 2 aliphatic rings. The molecule has 1 saturated heterocycles. The maximum Gasteiger partial charge on any atom is 0.434 e. The molecule has 2 fully saturated rings. The predicted octanol–water partition coefficient (Wildman–Crippen LogP) is 3.46. The summed E-state index contributed by atoms with van der Waals surface area (Å²) in [4.78, 5) is 29.1. The lowest BCUT2D eigenvalue weighted by molar-refractivity contribution is -0.141. The van der Waals surface area contributed by atoms with Crippen LogP contribution in [0.25, 0.3) is 0 Å². The number of alkyl halides is 3. The van der Waals surface area contributed by atoms with Crippen LogP contribution >= 0.6 is 15.9 Å². The van der Waals surface area contributed by atoms with Gasteiger partial charge in [0.25, 0.3) is 5.91 Å². The Balaban J connectivity index is 1.97. The van der Waals surface area contributed by atoms with Gasteiger partial charge in [0, 0.05) is 25.2 Å². The van der Waals surface area contributed by atoms with Crippen molar-refractivity contribution in [2.45, 2.75) is 50.9 Å². The Morgan fingerprint density at radius 1 is 1.45 bits per heavy atom. The van der Waals surface area contributed by atoms with Crippen molar-refractivity contribution in [3.8, 4) is 0 Å². The number of aromatic nitrogens is 1. The van der Waals surface area contributed by atoms with E-state index in [-0.39, 0.29) is 34.9 Å². The Labute approximate surface area is 174 Å². The first-order chi connectivity index (χ1) is 13.4. The highest BCUT2D eigenvalue weighted by molar-refractivity contribution is 9.10. The number of carbonyl (C=O) groups excluding carboxylic acids is 2. The van der Waals surface area contributed by atoms with Crippen molar-refractivity contribution in [3.63, 3.8) is 0 Å². The molecule has 1 aromatic heterocycles. The van der Waals surface area contributed by atoms with Gasteiger partial charge in [0.15, 0.2) is 5.69 Å². The lowest BCUT2D eigenvalue weighted by atomic mass is 10.1. The summed E-state index contributed by atoms with van der Waals surface area (Å²) in [5, 5.41) is 2.85. The molecule has 0 radical (unpaired) electrons. The van der Waals surface area contributed by atoms with E-state index >= 15 is 0 Å². The minimum atomic E-state index is -4.70. The molecule has 0 bridgehead atoms. The van der Waals surface area contributed by atoms with Gasteiger partial charge in [-0.1, -0.05) is 0 Å². The highest BCUT2D eigenvalue weighted by Crippen LogP contribution is 2.42. The summed E-state index contributed by atoms with van der Waals surface area (Å²) < 4.78 is 45.0. The molecule has 29 heavy (non-hydrogen) atoms. The topological polar surface area (TPSA) is 97.6 Å². The summed E-state index contributed by atoms with van der Waals surface area (Å²) in [6.07, 6.45) is -2.34. The predicted molar refractivity (Wildman–Crippen MR) is 102 cm³/mol. The summed E-state index contributed by atoms with van der Waals surface area (Å²) in [5.41, 5.74) is 3.12. The van der Waals surface area contributed by atoms with Crippen LogP contribution in [-0.2, 0) is 10.9 Å². The van der Waals surface area contributed by atoms with Crippen LogP contribution in [0.4, 0.5) is 23.7 Å². The number of carbonyl (C=O) groups is 2. The summed E-state index contributed by atoms with van der Waals surface area (Å²) in [6, 6.07) is -0.0848. The van der Waals surface area contributed by atoms with Crippen LogP contribution < -0.4 is 16.0 Å². The fourth-order valence-electron chi connectivity index (χ4n) is 3.60. The standard InChI is InChI=1S/C18H22BrF3N4O3/c1-9(10-3-4-10)25-15(27)11-7-24-14(18(20,21)22)12(19)13(11)26-6-5-17(2,8-26)29-16(23)28/h7,9-10H,3-6,8H2,1-2H3,(H2,23,28)(H,25,27)/t9?,17-/m0/s1. The Morgan fingerprint density at radius 3 is 2.66 bits per heavy atom. The van der Waals surface area contributed by atoms with Crippen LogP contribution in [0.3, 0.4) is 0 Å². The molecule has 3 rings (SSSR count). The van der Waals surface area contributed by atoms with Gasteiger partial charge >= 0.3 is 12.3 Å². The number of nitrogens with one attached hydrogen (secondary N) is 1. The van der Waals surface area contributed by atoms with Crippen molar-refractivity contribution in [3.05, 3.63) is 21.9 Å². The zero-order valence-electron chi connectivity index (χ0n) is 16.0. The lowest BCUT2D eigenvalue weighted by Gasteiger charge is -2.27. The van der Waals surface area contributed by atoms with E-state index in [9.17, 15) is 22.8 Å². The molecule has 0 aromatic carbocycles. The number of rotatable bonds is 5. The minimum Gasteiger partial charge on any atom is -0.441 e. The molecule has 1 aliphatic carbocycles. The van der Waals surface area contributed by atoms with Gasteiger partial charge in [-0.2, -0.15) is 13.2 Å². The molecule has 11 heteroatoms. The van der Waals surface area contributed by atoms with Gasteiger partial charge in [-0.25, -0.2) is 9.78 Å². The largest absolute Gasteiger partial charge is 0.441 e. The van der Waals surface area contributed by atoms with E-state index in [1.165, 1.54) is 0 Å². The molecule has 1 unspecified atom stereocenters. The van der Waals surface area contributed by atoms with Crippen molar-refractivity contribution >= 4 is 33.6 Å². The number of hydrogen-bond donors (Lipinski definition) is 2. The number of hydrogen-bond acceptors (Lipinski definition) is 5. The number of amides is 2. The molecule has 1 saturated carbocycles. The van der Waals surface area contributed by atoms with E-state index in [1.807, 2.05) is 6.92 Å². The first-order valence-corrected chi connectivity index (χ1v) is 10.0. The smallest absolute Gasteiger partial charge is 0.434 e. The number of anilines is 1. The second-order valence-electron chi connectivity index (χ2n) is 7.82. The highest BCUT2D eigenvalue weighted by atomic mass is 79.9. The summed E-state index contributed by atoms with van der Waals surface area (Å²) >= 11 is 3.01. The number of primary amides is 1. The molecule has 0 spiro atoms. The van der Waals surface area contributed by atoms with Crippen LogP contribution in [0.1, 0.15) is 49.2 Å². The van der Waals surface area contributed by atoms with Crippen molar-refractivity contribution in [2.75, 3.05) is 18.0 Å². The van der Waals surface area contributed by atoms with Gasteiger partial charge in [-0.05, 0) is 48.5 Å². The summed E-state index contributed by atoms with van der Waals surface area (Å²) in [5.74, 6) is -0.113. The number of ether oxygens (including phenoxy) is 1. The van der Waals surface area contributed by atoms with Crippen LogP contribution in [0, 0.1) is 5.92 Å². The van der Waals surface area contributed by atoms with Crippen molar-refractivity contribution in [1.82, 2.24) is 10.3 Å². The van der Waals surface area contributed by atoms with Gasteiger partial charge in [-0.15, -0.1) is 0 Å². The number of nitrogens with two attached hydrogens (primary N) is 1. The molecular weight excluding hydrogens is 457 g/mol. The van der Waals surface area contributed by atoms with Crippen LogP contribution in [0.15, 0.2) is 10.7 Å². The average Bonchev–Trinajstić information content (AvgIpc) is 3.36. The van der Waals surface area contributed by atoms with E-state index in [4.69, 9.17) is 10.5 Å². The molecule has 1 aromatic rings. The maximum absolute atomic E-state index is 13.4. The van der Waals surface area contributed by atoms with Crippen LogP contribution in [0.2, 0.25) is 0 Å². The Bertz CT molecular complexity index is 831. The highest BCUT2D eigenvalue weighted by Gasteiger charge is 2.42. The van der Waals surface area contributed by atoms with Crippen molar-refractivity contribution in [1.29, 1.82) is 0 Å². The Kier molecular flexibility index (Phi) is 5.72. The van der Waals surface area contributed by atoms with Gasteiger partial charge in [0.05, 0.1) is 22.3 Å². The van der Waals surface area contributed by atoms with Crippen molar-refractivity contribution in [2.24, 2.45) is 11.7 Å². The minimum absolute atomic E-state index is 0.0284. The average molecular weight is 479 g/mol. The molecule has 2 amide bonds. The third-order valence-corrected chi connectivity index (χ3v) is 6.04. The number of nitrogens with zero attached hydrogens (tertiary/aromatic N) is 2. The zero-order chi connectivity index (χ0) is 21.6. The second-order valence-corrected chi connectivity index (χ2v) is 8.62. The maximum atomic E-state index is 13.4. The first-order valence-electron chi connectivity index (χ1n) is 9.21. The van der Waals surface area contributed by atoms with Gasteiger partial charge in [0.1, 0.15) is 5.60 Å². The second kappa shape index (κ2) is 7.66. The fourth-order valence-corrected chi connectivity index (χ4v) is 4.39. The van der Waals surface area contributed by atoms with E-state index in [2.05, 4.69) is 26.2 Å². The van der Waals surface area contributed by atoms with E-state index in [1.54, 1.807) is 11.8 Å². The van der Waals surface area contributed by atoms with Crippen molar-refractivity contribution < 1.29 is 27.5 Å². The number of pyridine rings is 1. The SMILES string of the molecule is CC(NC(=O)c1cnc(C(F)(F)F)c(Br)c1N1CC[C@](C)(OC(N)=O)C1)C1CC1. The Hall–Kier alpha value is -2.04. The van der Waals surface area contributed by atoms with Gasteiger partial charge in [-0.3, -0.25) is 4.79 Å². The third-order valence-electron chi connectivity index (χ3n) is 5.29. The van der Waals surface area contributed by atoms with Gasteiger partial charge < -0.3 is 20.7 Å². The monoisotopic (exact) mass is 478 g/mol. The summed E-state index contributed by atoms with van der Waals surface area (Å²) in [7, 11) is 0. The molecule has 160 valence electrons. The first kappa shape index (κ1) is 21.7. The number of halogens is 4. The van der Waals surface area contributed by atoms with E-state index in [0.29, 0.717) is 12.3 Å². The third kappa shape index (κ3) is 4.76. The molecule has 2 heterocycles. The zero-order valence-corrected chi connectivity index (χ0v) is 17.6. The van der Waals surface area contributed by atoms with E-state index < -0.39 is 29.5 Å². The molecule has 1 aliphatic heterocycles. The molecule has 3 N–H and O–H groups in total.